The number of amides is 1. The third-order valence-corrected chi connectivity index (χ3v) is 4.09. The van der Waals surface area contributed by atoms with Gasteiger partial charge in [-0.3, -0.25) is 9.78 Å². The van der Waals surface area contributed by atoms with Crippen LogP contribution in [0.4, 0.5) is 0 Å². The molecule has 3 rings (SSSR count). The van der Waals surface area contributed by atoms with Crippen molar-refractivity contribution >= 4 is 5.91 Å². The minimum Gasteiger partial charge on any atom is -0.370 e. The van der Waals surface area contributed by atoms with Crippen LogP contribution in [0.15, 0.2) is 22.9 Å². The molecule has 0 N–H and O–H groups in total. The van der Waals surface area contributed by atoms with Gasteiger partial charge in [-0.05, 0) is 24.6 Å². The Balaban J connectivity index is 1.56. The summed E-state index contributed by atoms with van der Waals surface area (Å²) in [4.78, 5) is 22.7. The molecule has 1 aliphatic heterocycles. The largest absolute Gasteiger partial charge is 0.370 e. The highest BCUT2D eigenvalue weighted by molar-refractivity contribution is 5.76. The van der Waals surface area contributed by atoms with Gasteiger partial charge in [0.25, 0.3) is 0 Å². The van der Waals surface area contributed by atoms with Crippen molar-refractivity contribution in [2.24, 2.45) is 0 Å². The Bertz CT molecular complexity index is 701. The molecule has 3 heterocycles. The summed E-state index contributed by atoms with van der Waals surface area (Å²) in [5, 5.41) is 3.85. The van der Waals surface area contributed by atoms with E-state index < -0.39 is 0 Å². The van der Waals surface area contributed by atoms with Crippen LogP contribution in [0.1, 0.15) is 42.4 Å². The van der Waals surface area contributed by atoms with Crippen LogP contribution in [0.2, 0.25) is 0 Å². The van der Waals surface area contributed by atoms with E-state index in [4.69, 9.17) is 9.26 Å². The minimum absolute atomic E-state index is 0.0883. The first-order valence-electron chi connectivity index (χ1n) is 8.29. The predicted molar refractivity (Wildman–Crippen MR) is 86.2 cm³/mol. The van der Waals surface area contributed by atoms with Crippen LogP contribution in [0.3, 0.4) is 0 Å². The summed E-state index contributed by atoms with van der Waals surface area (Å²) < 4.78 is 11.0. The molecule has 0 aliphatic carbocycles. The number of carbonyl (C=O) groups is 1. The van der Waals surface area contributed by atoms with Gasteiger partial charge < -0.3 is 14.2 Å². The Kier molecular flexibility index (Phi) is 5.20. The van der Waals surface area contributed by atoms with E-state index >= 15 is 0 Å². The average Bonchev–Trinajstić information content (AvgIpc) is 3.08. The molecule has 0 spiro atoms. The Morgan fingerprint density at radius 2 is 2.33 bits per heavy atom. The number of hydrogen-bond donors (Lipinski definition) is 0. The van der Waals surface area contributed by atoms with Gasteiger partial charge in [0.2, 0.25) is 11.8 Å². The average molecular weight is 330 g/mol. The van der Waals surface area contributed by atoms with Gasteiger partial charge in [-0.15, -0.1) is 0 Å². The van der Waals surface area contributed by atoms with Gasteiger partial charge in [0.1, 0.15) is 6.10 Å². The smallest absolute Gasteiger partial charge is 0.227 e. The first-order chi connectivity index (χ1) is 11.7. The molecule has 0 unspecified atom stereocenters. The summed E-state index contributed by atoms with van der Waals surface area (Å²) in [7, 11) is 0. The summed E-state index contributed by atoms with van der Waals surface area (Å²) in [5.74, 6) is 1.29. The SMILES string of the molecule is CCc1noc(CCC(=O)N2CCO[C@@H](c3ccnc(C)c3)C2)n1. The zero-order valence-corrected chi connectivity index (χ0v) is 14.1. The maximum absolute atomic E-state index is 12.5. The molecule has 1 atom stereocenters. The lowest BCUT2D eigenvalue weighted by molar-refractivity contribution is -0.139. The van der Waals surface area contributed by atoms with Crippen LogP contribution in [0.5, 0.6) is 0 Å². The van der Waals surface area contributed by atoms with E-state index in [-0.39, 0.29) is 12.0 Å². The highest BCUT2D eigenvalue weighted by atomic mass is 16.5. The summed E-state index contributed by atoms with van der Waals surface area (Å²) >= 11 is 0. The van der Waals surface area contributed by atoms with Gasteiger partial charge in [-0.25, -0.2) is 0 Å². The Morgan fingerprint density at radius 1 is 1.46 bits per heavy atom. The molecule has 0 saturated carbocycles. The molecule has 7 heteroatoms. The number of pyridine rings is 1. The number of aromatic nitrogens is 3. The first-order valence-corrected chi connectivity index (χ1v) is 8.29. The summed E-state index contributed by atoms with van der Waals surface area (Å²) in [6.07, 6.45) is 3.25. The van der Waals surface area contributed by atoms with Gasteiger partial charge in [0, 0.05) is 37.7 Å². The standard InChI is InChI=1S/C17H22N4O3/c1-3-15-19-16(24-20-15)4-5-17(22)21-8-9-23-14(11-21)13-6-7-18-12(2)10-13/h6-7,10,14H,3-5,8-9,11H2,1-2H3/t14-/m1/s1. The third kappa shape index (κ3) is 3.97. The Morgan fingerprint density at radius 3 is 3.08 bits per heavy atom. The van der Waals surface area contributed by atoms with Crippen molar-refractivity contribution in [3.8, 4) is 0 Å². The molecule has 1 fully saturated rings. The lowest BCUT2D eigenvalue weighted by Crippen LogP contribution is -2.42. The number of ether oxygens (including phenoxy) is 1. The molecule has 24 heavy (non-hydrogen) atoms. The van der Waals surface area contributed by atoms with Crippen LogP contribution >= 0.6 is 0 Å². The number of rotatable bonds is 5. The summed E-state index contributed by atoms with van der Waals surface area (Å²) in [5.41, 5.74) is 2.01. The molecule has 1 saturated heterocycles. The molecule has 128 valence electrons. The molecule has 2 aromatic heterocycles. The lowest BCUT2D eigenvalue weighted by Gasteiger charge is -2.33. The van der Waals surface area contributed by atoms with E-state index in [1.54, 1.807) is 6.20 Å². The predicted octanol–water partition coefficient (Wildman–Crippen LogP) is 1.87. The van der Waals surface area contributed by atoms with Crippen LogP contribution in [-0.4, -0.2) is 45.6 Å². The van der Waals surface area contributed by atoms with Gasteiger partial charge in [0.05, 0.1) is 13.2 Å². The zero-order chi connectivity index (χ0) is 16.9. The number of morpholine rings is 1. The second kappa shape index (κ2) is 7.53. The fourth-order valence-electron chi connectivity index (χ4n) is 2.75. The quantitative estimate of drug-likeness (QED) is 0.832. The second-order valence-corrected chi connectivity index (χ2v) is 5.89. The maximum Gasteiger partial charge on any atom is 0.227 e. The summed E-state index contributed by atoms with van der Waals surface area (Å²) in [6, 6.07) is 3.94. The monoisotopic (exact) mass is 330 g/mol. The number of hydrogen-bond acceptors (Lipinski definition) is 6. The number of aryl methyl sites for hydroxylation is 3. The van der Waals surface area contributed by atoms with Crippen molar-refractivity contribution < 1.29 is 14.1 Å². The molecule has 7 nitrogen and oxygen atoms in total. The molecule has 1 amide bonds. The molecule has 0 radical (unpaired) electrons. The van der Waals surface area contributed by atoms with E-state index in [1.807, 2.05) is 30.9 Å². The topological polar surface area (TPSA) is 81.4 Å². The maximum atomic E-state index is 12.5. The molecule has 2 aromatic rings. The van der Waals surface area contributed by atoms with Crippen molar-refractivity contribution in [3.63, 3.8) is 0 Å². The Hall–Kier alpha value is -2.28. The van der Waals surface area contributed by atoms with Crippen LogP contribution in [-0.2, 0) is 22.4 Å². The number of nitrogens with zero attached hydrogens (tertiary/aromatic N) is 4. The zero-order valence-electron chi connectivity index (χ0n) is 14.1. The molecule has 0 bridgehead atoms. The molecule has 1 aliphatic rings. The van der Waals surface area contributed by atoms with E-state index in [0.717, 1.165) is 17.7 Å². The van der Waals surface area contributed by atoms with E-state index in [9.17, 15) is 4.79 Å². The molecular weight excluding hydrogens is 308 g/mol. The summed E-state index contributed by atoms with van der Waals surface area (Å²) in [6.45, 7) is 5.63. The van der Waals surface area contributed by atoms with Crippen LogP contribution < -0.4 is 0 Å². The Labute approximate surface area is 141 Å². The highest BCUT2D eigenvalue weighted by Gasteiger charge is 2.25. The highest BCUT2D eigenvalue weighted by Crippen LogP contribution is 2.23. The van der Waals surface area contributed by atoms with Gasteiger partial charge in [-0.1, -0.05) is 12.1 Å². The van der Waals surface area contributed by atoms with E-state index in [0.29, 0.717) is 44.3 Å². The first kappa shape index (κ1) is 16.6. The van der Waals surface area contributed by atoms with Crippen LogP contribution in [0.25, 0.3) is 0 Å². The normalized spacial score (nSPS) is 17.9. The second-order valence-electron chi connectivity index (χ2n) is 5.89. The van der Waals surface area contributed by atoms with Gasteiger partial charge in [0.15, 0.2) is 5.82 Å². The fourth-order valence-corrected chi connectivity index (χ4v) is 2.75. The van der Waals surface area contributed by atoms with E-state index in [2.05, 4.69) is 15.1 Å². The van der Waals surface area contributed by atoms with Crippen LogP contribution in [0, 0.1) is 6.92 Å². The van der Waals surface area contributed by atoms with Crippen molar-refractivity contribution in [2.75, 3.05) is 19.7 Å². The number of carbonyl (C=O) groups excluding carboxylic acids is 1. The van der Waals surface area contributed by atoms with Gasteiger partial charge in [-0.2, -0.15) is 4.98 Å². The van der Waals surface area contributed by atoms with Crippen molar-refractivity contribution in [2.45, 2.75) is 39.2 Å². The van der Waals surface area contributed by atoms with E-state index in [1.165, 1.54) is 0 Å². The minimum atomic E-state index is -0.0977. The molecular formula is C17H22N4O3. The fraction of sp³-hybridized carbons (Fsp3) is 0.529. The van der Waals surface area contributed by atoms with Crippen molar-refractivity contribution in [1.82, 2.24) is 20.0 Å². The third-order valence-electron chi connectivity index (χ3n) is 4.09. The lowest BCUT2D eigenvalue weighted by atomic mass is 10.1. The van der Waals surface area contributed by atoms with Gasteiger partial charge >= 0.3 is 0 Å². The van der Waals surface area contributed by atoms with Crippen molar-refractivity contribution in [3.05, 3.63) is 41.3 Å². The van der Waals surface area contributed by atoms with Crippen molar-refractivity contribution in [1.29, 1.82) is 0 Å². The molecule has 0 aromatic carbocycles.